The van der Waals surface area contributed by atoms with Crippen LogP contribution >= 0.6 is 0 Å². The third-order valence-electron chi connectivity index (χ3n) is 6.07. The number of aryl methyl sites for hydroxylation is 2. The Bertz CT molecular complexity index is 1040. The standard InChI is InChI=1S/C22H33N5O3S/c1-6-24(7-2)22(28)19-16-26(8-3)23-21(19)31(29,30)27-14-12-25(13-15-27)20-11-9-10-17(4)18(20)5/h9-11,16H,6-8,12-15H2,1-5H3. The lowest BCUT2D eigenvalue weighted by molar-refractivity contribution is 0.0769. The van der Waals surface area contributed by atoms with Gasteiger partial charge in [0.1, 0.15) is 0 Å². The van der Waals surface area contributed by atoms with Crippen molar-refractivity contribution in [1.82, 2.24) is 19.0 Å². The predicted molar refractivity (Wildman–Crippen MR) is 122 cm³/mol. The molecule has 0 atom stereocenters. The van der Waals surface area contributed by atoms with Gasteiger partial charge in [-0.1, -0.05) is 12.1 Å². The number of rotatable bonds is 7. The number of piperazine rings is 1. The molecule has 0 aliphatic carbocycles. The molecule has 9 heteroatoms. The largest absolute Gasteiger partial charge is 0.369 e. The van der Waals surface area contributed by atoms with Crippen molar-refractivity contribution in [2.24, 2.45) is 0 Å². The molecule has 1 fully saturated rings. The summed E-state index contributed by atoms with van der Waals surface area (Å²) in [6.45, 7) is 13.2. The van der Waals surface area contributed by atoms with E-state index in [1.54, 1.807) is 11.1 Å². The number of hydrogen-bond acceptors (Lipinski definition) is 5. The highest BCUT2D eigenvalue weighted by molar-refractivity contribution is 7.89. The summed E-state index contributed by atoms with van der Waals surface area (Å²) in [6.07, 6.45) is 1.56. The molecule has 0 spiro atoms. The molecule has 0 radical (unpaired) electrons. The molecule has 1 aliphatic heterocycles. The molecule has 31 heavy (non-hydrogen) atoms. The number of amides is 1. The number of sulfonamides is 1. The first kappa shape index (κ1) is 23.3. The minimum atomic E-state index is -3.87. The second-order valence-electron chi connectivity index (χ2n) is 7.79. The Morgan fingerprint density at radius 1 is 1.06 bits per heavy atom. The summed E-state index contributed by atoms with van der Waals surface area (Å²) in [5.41, 5.74) is 3.73. The molecule has 2 heterocycles. The summed E-state index contributed by atoms with van der Waals surface area (Å²) in [5, 5.41) is 4.14. The Morgan fingerprint density at radius 2 is 1.71 bits per heavy atom. The SMILES string of the molecule is CCN(CC)C(=O)c1cn(CC)nc1S(=O)(=O)N1CCN(c2cccc(C)c2C)CC1. The van der Waals surface area contributed by atoms with E-state index in [9.17, 15) is 13.2 Å². The second kappa shape index (κ2) is 9.40. The van der Waals surface area contributed by atoms with E-state index in [2.05, 4.69) is 36.0 Å². The van der Waals surface area contributed by atoms with Crippen LogP contribution in [0.1, 0.15) is 42.3 Å². The van der Waals surface area contributed by atoms with Gasteiger partial charge in [0.25, 0.3) is 15.9 Å². The topological polar surface area (TPSA) is 78.8 Å². The van der Waals surface area contributed by atoms with E-state index >= 15 is 0 Å². The second-order valence-corrected chi connectivity index (χ2v) is 9.64. The fraction of sp³-hybridized carbons (Fsp3) is 0.545. The van der Waals surface area contributed by atoms with Gasteiger partial charge in [-0.15, -0.1) is 0 Å². The maximum absolute atomic E-state index is 13.5. The summed E-state index contributed by atoms with van der Waals surface area (Å²) in [6, 6.07) is 6.19. The maximum atomic E-state index is 13.5. The van der Waals surface area contributed by atoms with Crippen LogP contribution in [0.15, 0.2) is 29.4 Å². The lowest BCUT2D eigenvalue weighted by atomic mass is 10.1. The molecule has 1 aliphatic rings. The molecule has 0 unspecified atom stereocenters. The van der Waals surface area contributed by atoms with Crippen molar-refractivity contribution in [3.63, 3.8) is 0 Å². The molecule has 2 aromatic rings. The lowest BCUT2D eigenvalue weighted by Crippen LogP contribution is -2.49. The number of carbonyl (C=O) groups excluding carboxylic acids is 1. The highest BCUT2D eigenvalue weighted by Crippen LogP contribution is 2.26. The summed E-state index contributed by atoms with van der Waals surface area (Å²) in [7, 11) is -3.87. The number of benzene rings is 1. The summed E-state index contributed by atoms with van der Waals surface area (Å²) < 4.78 is 29.9. The number of carbonyl (C=O) groups is 1. The van der Waals surface area contributed by atoms with Crippen molar-refractivity contribution in [2.45, 2.75) is 46.2 Å². The van der Waals surface area contributed by atoms with Crippen LogP contribution < -0.4 is 4.90 Å². The van der Waals surface area contributed by atoms with Crippen molar-refractivity contribution >= 4 is 21.6 Å². The van der Waals surface area contributed by atoms with Gasteiger partial charge in [-0.2, -0.15) is 9.40 Å². The van der Waals surface area contributed by atoms with Crippen LogP contribution in [0.5, 0.6) is 0 Å². The van der Waals surface area contributed by atoms with Gasteiger partial charge in [-0.05, 0) is 51.8 Å². The number of anilines is 1. The van der Waals surface area contributed by atoms with E-state index in [-0.39, 0.29) is 16.5 Å². The zero-order valence-electron chi connectivity index (χ0n) is 19.1. The summed E-state index contributed by atoms with van der Waals surface area (Å²) in [5.74, 6) is -0.294. The van der Waals surface area contributed by atoms with E-state index in [4.69, 9.17) is 0 Å². The van der Waals surface area contributed by atoms with Crippen LogP contribution in [-0.4, -0.2) is 72.6 Å². The van der Waals surface area contributed by atoms with Crippen LogP contribution in [-0.2, 0) is 16.6 Å². The monoisotopic (exact) mass is 447 g/mol. The number of hydrogen-bond donors (Lipinski definition) is 0. The van der Waals surface area contributed by atoms with E-state index in [1.165, 1.54) is 20.1 Å². The van der Waals surface area contributed by atoms with E-state index < -0.39 is 10.0 Å². The van der Waals surface area contributed by atoms with Crippen molar-refractivity contribution in [3.05, 3.63) is 41.1 Å². The molecule has 170 valence electrons. The van der Waals surface area contributed by atoms with Crippen molar-refractivity contribution in [1.29, 1.82) is 0 Å². The zero-order chi connectivity index (χ0) is 22.8. The molecule has 1 amide bonds. The minimum Gasteiger partial charge on any atom is -0.369 e. The van der Waals surface area contributed by atoms with E-state index in [1.807, 2.05) is 26.8 Å². The van der Waals surface area contributed by atoms with Crippen LogP contribution in [0.4, 0.5) is 5.69 Å². The molecule has 1 aromatic carbocycles. The van der Waals surface area contributed by atoms with Crippen LogP contribution in [0, 0.1) is 13.8 Å². The Balaban J connectivity index is 1.85. The van der Waals surface area contributed by atoms with E-state index in [0.717, 1.165) is 5.69 Å². The molecule has 0 bridgehead atoms. The van der Waals surface area contributed by atoms with Crippen LogP contribution in [0.25, 0.3) is 0 Å². The smallest absolute Gasteiger partial charge is 0.263 e. The molecule has 0 saturated carbocycles. The average Bonchev–Trinajstić information content (AvgIpc) is 3.22. The summed E-state index contributed by atoms with van der Waals surface area (Å²) >= 11 is 0. The van der Waals surface area contributed by atoms with Gasteiger partial charge < -0.3 is 9.80 Å². The predicted octanol–water partition coefficient (Wildman–Crippen LogP) is 2.51. The fourth-order valence-electron chi connectivity index (χ4n) is 3.95. The Morgan fingerprint density at radius 3 is 2.29 bits per heavy atom. The van der Waals surface area contributed by atoms with Crippen molar-refractivity contribution in [3.8, 4) is 0 Å². The molecular formula is C22H33N5O3S. The molecule has 0 N–H and O–H groups in total. The van der Waals surface area contributed by atoms with Gasteiger partial charge in [-0.25, -0.2) is 8.42 Å². The summed E-state index contributed by atoms with van der Waals surface area (Å²) in [4.78, 5) is 16.8. The Labute approximate surface area is 185 Å². The van der Waals surface area contributed by atoms with Gasteiger partial charge in [0.15, 0.2) is 0 Å². The number of aromatic nitrogens is 2. The zero-order valence-corrected chi connectivity index (χ0v) is 19.9. The van der Waals surface area contributed by atoms with E-state index in [0.29, 0.717) is 45.8 Å². The normalized spacial score (nSPS) is 15.3. The van der Waals surface area contributed by atoms with Crippen molar-refractivity contribution < 1.29 is 13.2 Å². The third kappa shape index (κ3) is 4.48. The first-order valence-corrected chi connectivity index (χ1v) is 12.4. The quantitative estimate of drug-likeness (QED) is 0.652. The van der Waals surface area contributed by atoms with Gasteiger partial charge in [0, 0.05) is 57.7 Å². The highest BCUT2D eigenvalue weighted by atomic mass is 32.2. The minimum absolute atomic E-state index is 0.133. The molecule has 3 rings (SSSR count). The molecular weight excluding hydrogens is 414 g/mol. The fourth-order valence-corrected chi connectivity index (χ4v) is 5.47. The van der Waals surface area contributed by atoms with Gasteiger partial charge >= 0.3 is 0 Å². The highest BCUT2D eigenvalue weighted by Gasteiger charge is 2.35. The van der Waals surface area contributed by atoms with Crippen LogP contribution in [0.3, 0.4) is 0 Å². The Kier molecular flexibility index (Phi) is 7.06. The Hall–Kier alpha value is -2.39. The third-order valence-corrected chi connectivity index (χ3v) is 7.91. The van der Waals surface area contributed by atoms with Gasteiger partial charge in [-0.3, -0.25) is 9.48 Å². The van der Waals surface area contributed by atoms with Crippen molar-refractivity contribution in [2.75, 3.05) is 44.2 Å². The van der Waals surface area contributed by atoms with Crippen LogP contribution in [0.2, 0.25) is 0 Å². The molecule has 1 saturated heterocycles. The van der Waals surface area contributed by atoms with Gasteiger partial charge in [0.2, 0.25) is 5.03 Å². The first-order chi connectivity index (χ1) is 14.7. The average molecular weight is 448 g/mol. The first-order valence-electron chi connectivity index (χ1n) is 10.9. The lowest BCUT2D eigenvalue weighted by Gasteiger charge is -2.36. The number of nitrogens with zero attached hydrogens (tertiary/aromatic N) is 5. The van der Waals surface area contributed by atoms with Gasteiger partial charge in [0.05, 0.1) is 5.56 Å². The maximum Gasteiger partial charge on any atom is 0.263 e. The molecule has 1 aromatic heterocycles. The molecule has 8 nitrogen and oxygen atoms in total.